The van der Waals surface area contributed by atoms with Crippen LogP contribution in [0.3, 0.4) is 0 Å². The SMILES string of the molecule is Cc1ccc(-n2nc(C(C)(C)C)cc2NC(=O)Nc2ccc(CCc3ccnc4[nH]c(=O)cnc34)cc2F)cc1. The molecule has 0 radical (unpaired) electrons. The van der Waals surface area contributed by atoms with E-state index in [1.165, 1.54) is 12.3 Å². The van der Waals surface area contributed by atoms with Crippen LogP contribution in [-0.4, -0.2) is 30.8 Å². The van der Waals surface area contributed by atoms with Gasteiger partial charge in [0.15, 0.2) is 5.65 Å². The number of rotatable bonds is 6. The molecule has 0 saturated carbocycles. The second-order valence-electron chi connectivity index (χ2n) is 10.7. The molecule has 0 aliphatic carbocycles. The lowest BCUT2D eigenvalue weighted by molar-refractivity contribution is 0.262. The number of anilines is 2. The van der Waals surface area contributed by atoms with E-state index in [1.807, 2.05) is 64.1 Å². The number of aromatic amines is 1. The average Bonchev–Trinajstić information content (AvgIpc) is 3.33. The average molecular weight is 540 g/mol. The van der Waals surface area contributed by atoms with Gasteiger partial charge in [0.25, 0.3) is 5.56 Å². The molecule has 3 aromatic heterocycles. The van der Waals surface area contributed by atoms with Gasteiger partial charge in [0.2, 0.25) is 0 Å². The molecule has 9 nitrogen and oxygen atoms in total. The molecule has 0 spiro atoms. The smallest absolute Gasteiger partial charge is 0.305 e. The molecular weight excluding hydrogens is 509 g/mol. The Hall–Kier alpha value is -4.86. The highest BCUT2D eigenvalue weighted by molar-refractivity contribution is 5.99. The van der Waals surface area contributed by atoms with Gasteiger partial charge in [0.1, 0.15) is 17.2 Å². The normalized spacial score (nSPS) is 11.5. The molecule has 3 N–H and O–H groups in total. The molecule has 0 fully saturated rings. The van der Waals surface area contributed by atoms with Crippen molar-refractivity contribution in [1.82, 2.24) is 24.7 Å². The van der Waals surface area contributed by atoms with Crippen molar-refractivity contribution in [2.45, 2.75) is 46.0 Å². The predicted octanol–water partition coefficient (Wildman–Crippen LogP) is 5.68. The summed E-state index contributed by atoms with van der Waals surface area (Å²) in [6, 6.07) is 15.6. The van der Waals surface area contributed by atoms with Crippen molar-refractivity contribution >= 4 is 28.7 Å². The standard InChI is InChI=1S/C30H30FN7O2/c1-18-5-10-21(11-6-18)38-25(16-24(37-38)30(2,3)4)35-29(40)34-23-12-8-19(15-22(23)31)7-9-20-13-14-32-28-27(20)33-17-26(39)36-28/h5-6,8,10-17H,7,9H2,1-4H3,(H,32,36,39)(H2,34,35,40). The number of pyridine rings is 1. The fraction of sp³-hybridized carbons (Fsp3) is 0.233. The Morgan fingerprint density at radius 3 is 2.50 bits per heavy atom. The summed E-state index contributed by atoms with van der Waals surface area (Å²) in [7, 11) is 0. The Morgan fingerprint density at radius 1 is 1.00 bits per heavy atom. The van der Waals surface area contributed by atoms with Gasteiger partial charge in [-0.3, -0.25) is 10.1 Å². The van der Waals surface area contributed by atoms with Crippen molar-refractivity contribution in [2.24, 2.45) is 0 Å². The zero-order chi connectivity index (χ0) is 28.4. The number of urea groups is 1. The first-order valence-electron chi connectivity index (χ1n) is 12.9. The fourth-order valence-electron chi connectivity index (χ4n) is 4.29. The molecule has 0 unspecified atom stereocenters. The maximum atomic E-state index is 15.0. The largest absolute Gasteiger partial charge is 0.324 e. The number of carbonyl (C=O) groups excluding carboxylic acids is 1. The Kier molecular flexibility index (Phi) is 7.17. The van der Waals surface area contributed by atoms with E-state index in [-0.39, 0.29) is 16.7 Å². The van der Waals surface area contributed by atoms with Crippen LogP contribution in [0, 0.1) is 12.7 Å². The van der Waals surface area contributed by atoms with E-state index in [9.17, 15) is 14.0 Å². The van der Waals surface area contributed by atoms with Crippen molar-refractivity contribution in [3.05, 3.63) is 106 Å². The number of amides is 2. The highest BCUT2D eigenvalue weighted by Gasteiger charge is 2.22. The number of H-pyrrole nitrogens is 1. The van der Waals surface area contributed by atoms with Gasteiger partial charge in [-0.2, -0.15) is 5.10 Å². The molecule has 0 atom stereocenters. The number of carbonyl (C=O) groups is 1. The minimum atomic E-state index is -0.580. The van der Waals surface area contributed by atoms with Crippen molar-refractivity contribution in [3.8, 4) is 5.69 Å². The monoisotopic (exact) mass is 539 g/mol. The summed E-state index contributed by atoms with van der Waals surface area (Å²) in [5, 5.41) is 10.1. The first-order valence-corrected chi connectivity index (χ1v) is 12.9. The molecule has 40 heavy (non-hydrogen) atoms. The third-order valence-corrected chi connectivity index (χ3v) is 6.52. The molecule has 0 aliphatic rings. The first kappa shape index (κ1) is 26.7. The zero-order valence-corrected chi connectivity index (χ0v) is 22.7. The maximum Gasteiger partial charge on any atom is 0.324 e. The van der Waals surface area contributed by atoms with E-state index in [4.69, 9.17) is 5.10 Å². The molecule has 0 aliphatic heterocycles. The molecule has 0 bridgehead atoms. The minimum Gasteiger partial charge on any atom is -0.305 e. The first-order chi connectivity index (χ1) is 19.1. The molecular formula is C30H30FN7O2. The maximum absolute atomic E-state index is 15.0. The Morgan fingerprint density at radius 2 is 1.77 bits per heavy atom. The van der Waals surface area contributed by atoms with Crippen LogP contribution < -0.4 is 16.2 Å². The molecule has 0 saturated heterocycles. The van der Waals surface area contributed by atoms with Gasteiger partial charge in [-0.1, -0.05) is 44.5 Å². The lowest BCUT2D eigenvalue weighted by atomic mass is 9.92. The molecule has 204 valence electrons. The summed E-state index contributed by atoms with van der Waals surface area (Å²) in [5.41, 5.74) is 4.90. The third kappa shape index (κ3) is 5.90. The van der Waals surface area contributed by atoms with Gasteiger partial charge in [-0.05, 0) is 61.2 Å². The number of nitrogens with zero attached hydrogens (tertiary/aromatic N) is 4. The number of hydrogen-bond donors (Lipinski definition) is 3. The van der Waals surface area contributed by atoms with Gasteiger partial charge in [-0.25, -0.2) is 23.8 Å². The van der Waals surface area contributed by atoms with Crippen LogP contribution >= 0.6 is 0 Å². The quantitative estimate of drug-likeness (QED) is 0.257. The summed E-state index contributed by atoms with van der Waals surface area (Å²) in [6.45, 7) is 8.14. The van der Waals surface area contributed by atoms with Crippen molar-refractivity contribution in [3.63, 3.8) is 0 Å². The van der Waals surface area contributed by atoms with Gasteiger partial charge < -0.3 is 10.3 Å². The van der Waals surface area contributed by atoms with Crippen molar-refractivity contribution in [2.75, 3.05) is 10.6 Å². The Labute approximate surface area is 230 Å². The topological polar surface area (TPSA) is 118 Å². The van der Waals surface area contributed by atoms with Crippen LogP contribution in [0.1, 0.15) is 43.2 Å². The highest BCUT2D eigenvalue weighted by Crippen LogP contribution is 2.27. The van der Waals surface area contributed by atoms with E-state index in [2.05, 4.69) is 25.6 Å². The Balaban J connectivity index is 1.29. The van der Waals surface area contributed by atoms with Crippen LogP contribution in [0.4, 0.5) is 20.7 Å². The minimum absolute atomic E-state index is 0.0623. The predicted molar refractivity (Wildman–Crippen MR) is 154 cm³/mol. The molecule has 10 heteroatoms. The van der Waals surface area contributed by atoms with E-state index in [1.54, 1.807) is 23.0 Å². The summed E-state index contributed by atoms with van der Waals surface area (Å²) in [5.74, 6) is -0.0695. The number of benzene rings is 2. The number of nitrogens with one attached hydrogen (secondary N) is 3. The second kappa shape index (κ2) is 10.7. The summed E-state index contributed by atoms with van der Waals surface area (Å²) in [4.78, 5) is 35.4. The van der Waals surface area contributed by atoms with Crippen LogP contribution in [-0.2, 0) is 18.3 Å². The highest BCUT2D eigenvalue weighted by atomic mass is 19.1. The van der Waals surface area contributed by atoms with Gasteiger partial charge in [0, 0.05) is 17.7 Å². The van der Waals surface area contributed by atoms with Gasteiger partial charge >= 0.3 is 6.03 Å². The fourth-order valence-corrected chi connectivity index (χ4v) is 4.29. The molecule has 2 aromatic carbocycles. The number of hydrogen-bond acceptors (Lipinski definition) is 5. The van der Waals surface area contributed by atoms with E-state index in [0.717, 1.165) is 28.1 Å². The number of aryl methyl sites for hydroxylation is 3. The van der Waals surface area contributed by atoms with Crippen LogP contribution in [0.15, 0.2) is 71.8 Å². The van der Waals surface area contributed by atoms with Crippen LogP contribution in [0.2, 0.25) is 0 Å². The summed E-state index contributed by atoms with van der Waals surface area (Å²) < 4.78 is 16.7. The number of halogens is 1. The summed E-state index contributed by atoms with van der Waals surface area (Å²) >= 11 is 0. The van der Waals surface area contributed by atoms with Crippen LogP contribution in [0.5, 0.6) is 0 Å². The van der Waals surface area contributed by atoms with E-state index < -0.39 is 11.8 Å². The molecule has 2 amide bonds. The van der Waals surface area contributed by atoms with Gasteiger partial charge in [0.05, 0.1) is 23.3 Å². The third-order valence-electron chi connectivity index (χ3n) is 6.52. The lowest BCUT2D eigenvalue weighted by Crippen LogP contribution is -2.22. The molecule has 5 rings (SSSR count). The van der Waals surface area contributed by atoms with Crippen LogP contribution in [0.25, 0.3) is 16.9 Å². The van der Waals surface area contributed by atoms with Crippen molar-refractivity contribution in [1.29, 1.82) is 0 Å². The lowest BCUT2D eigenvalue weighted by Gasteiger charge is -2.14. The number of aromatic nitrogens is 5. The van der Waals surface area contributed by atoms with Crippen molar-refractivity contribution < 1.29 is 9.18 Å². The molecule has 3 heterocycles. The summed E-state index contributed by atoms with van der Waals surface area (Å²) in [6.07, 6.45) is 3.94. The van der Waals surface area contributed by atoms with E-state index in [0.29, 0.717) is 29.8 Å². The van der Waals surface area contributed by atoms with Gasteiger partial charge in [-0.15, -0.1) is 0 Å². The second-order valence-corrected chi connectivity index (χ2v) is 10.7. The zero-order valence-electron chi connectivity index (χ0n) is 22.7. The molecule has 5 aromatic rings. The number of fused-ring (bicyclic) bond motifs is 1. The Bertz CT molecular complexity index is 1750. The van der Waals surface area contributed by atoms with E-state index >= 15 is 0 Å².